The lowest BCUT2D eigenvalue weighted by atomic mass is 10.0. The summed E-state index contributed by atoms with van der Waals surface area (Å²) in [4.78, 5) is 17.3. The monoisotopic (exact) mass is 362 g/mol. The van der Waals surface area contributed by atoms with Gasteiger partial charge in [-0.2, -0.15) is 0 Å². The van der Waals surface area contributed by atoms with E-state index in [0.29, 0.717) is 23.4 Å². The van der Waals surface area contributed by atoms with Gasteiger partial charge in [-0.25, -0.2) is 4.39 Å². The van der Waals surface area contributed by atoms with Crippen molar-refractivity contribution in [3.8, 4) is 0 Å². The van der Waals surface area contributed by atoms with E-state index in [1.165, 1.54) is 12.1 Å². The van der Waals surface area contributed by atoms with Crippen molar-refractivity contribution in [2.24, 2.45) is 5.16 Å². The molecule has 0 fully saturated rings. The molecular weight excluding hydrogens is 351 g/mol. The second-order valence-corrected chi connectivity index (χ2v) is 5.76. The highest BCUT2D eigenvalue weighted by molar-refractivity contribution is 9.10. The maximum atomic E-state index is 13.2. The molecule has 0 bridgehead atoms. The molecule has 3 rings (SSSR count). The standard InChI is InChI=1S/C16H12BrFN2O2/c17-11-4-6-13(7-5-11)19-16(21)15-9-14(20-22-15)10-2-1-3-12(18)8-10/h1-8,15H,9H2,(H,19,21)/t15-/m0/s1. The van der Waals surface area contributed by atoms with Crippen LogP contribution < -0.4 is 5.32 Å². The minimum Gasteiger partial charge on any atom is -0.382 e. The lowest BCUT2D eigenvalue weighted by Crippen LogP contribution is -2.28. The van der Waals surface area contributed by atoms with E-state index in [4.69, 9.17) is 4.84 Å². The second kappa shape index (κ2) is 6.27. The molecule has 4 nitrogen and oxygen atoms in total. The Kier molecular flexibility index (Phi) is 4.20. The van der Waals surface area contributed by atoms with E-state index in [1.54, 1.807) is 24.3 Å². The SMILES string of the molecule is O=C(Nc1ccc(Br)cc1)[C@@H]1CC(c2cccc(F)c2)=NO1. The Labute approximate surface area is 135 Å². The average molecular weight is 363 g/mol. The van der Waals surface area contributed by atoms with Crippen molar-refractivity contribution < 1.29 is 14.0 Å². The normalized spacial score (nSPS) is 16.8. The summed E-state index contributed by atoms with van der Waals surface area (Å²) in [6, 6.07) is 13.3. The van der Waals surface area contributed by atoms with E-state index >= 15 is 0 Å². The lowest BCUT2D eigenvalue weighted by molar-refractivity contribution is -0.125. The zero-order chi connectivity index (χ0) is 15.5. The molecule has 0 unspecified atom stereocenters. The van der Waals surface area contributed by atoms with E-state index in [2.05, 4.69) is 26.4 Å². The third-order valence-corrected chi connectivity index (χ3v) is 3.76. The van der Waals surface area contributed by atoms with E-state index in [1.807, 2.05) is 12.1 Å². The van der Waals surface area contributed by atoms with Gasteiger partial charge in [0.2, 0.25) is 6.10 Å². The number of hydrogen-bond donors (Lipinski definition) is 1. The van der Waals surface area contributed by atoms with Gasteiger partial charge < -0.3 is 10.2 Å². The van der Waals surface area contributed by atoms with Gasteiger partial charge in [0.25, 0.3) is 5.91 Å². The summed E-state index contributed by atoms with van der Waals surface area (Å²) < 4.78 is 14.1. The van der Waals surface area contributed by atoms with Gasteiger partial charge in [0.15, 0.2) is 0 Å². The molecule has 1 amide bonds. The summed E-state index contributed by atoms with van der Waals surface area (Å²) in [6.07, 6.45) is -0.395. The Morgan fingerprint density at radius 3 is 2.77 bits per heavy atom. The largest absolute Gasteiger partial charge is 0.382 e. The molecule has 0 spiro atoms. The van der Waals surface area contributed by atoms with Crippen LogP contribution in [0.3, 0.4) is 0 Å². The van der Waals surface area contributed by atoms with E-state index in [0.717, 1.165) is 4.47 Å². The van der Waals surface area contributed by atoms with Crippen LogP contribution >= 0.6 is 15.9 Å². The summed E-state index contributed by atoms with van der Waals surface area (Å²) in [7, 11) is 0. The number of nitrogens with zero attached hydrogens (tertiary/aromatic N) is 1. The number of amides is 1. The first-order chi connectivity index (χ1) is 10.6. The molecule has 1 aliphatic rings. The summed E-state index contributed by atoms with van der Waals surface area (Å²) in [6.45, 7) is 0. The van der Waals surface area contributed by atoms with Gasteiger partial charge >= 0.3 is 0 Å². The van der Waals surface area contributed by atoms with Crippen LogP contribution in [0.1, 0.15) is 12.0 Å². The third kappa shape index (κ3) is 3.33. The number of rotatable bonds is 3. The summed E-state index contributed by atoms with van der Waals surface area (Å²) in [5, 5.41) is 6.65. The maximum Gasteiger partial charge on any atom is 0.268 e. The highest BCUT2D eigenvalue weighted by Crippen LogP contribution is 2.20. The van der Waals surface area contributed by atoms with Crippen LogP contribution in [0.15, 0.2) is 58.2 Å². The van der Waals surface area contributed by atoms with Crippen molar-refractivity contribution in [3.63, 3.8) is 0 Å². The van der Waals surface area contributed by atoms with Crippen molar-refractivity contribution in [1.29, 1.82) is 0 Å². The van der Waals surface area contributed by atoms with Crippen LogP contribution in [0.25, 0.3) is 0 Å². The molecule has 0 saturated heterocycles. The van der Waals surface area contributed by atoms with Crippen molar-refractivity contribution >= 4 is 33.2 Å². The Balaban J connectivity index is 1.64. The number of oxime groups is 1. The number of halogens is 2. The lowest BCUT2D eigenvalue weighted by Gasteiger charge is -2.09. The summed E-state index contributed by atoms with van der Waals surface area (Å²) in [5.74, 6) is -0.625. The minimum absolute atomic E-state index is 0.280. The maximum absolute atomic E-state index is 13.2. The molecule has 2 aromatic carbocycles. The summed E-state index contributed by atoms with van der Waals surface area (Å²) in [5.41, 5.74) is 1.87. The number of nitrogens with one attached hydrogen (secondary N) is 1. The van der Waals surface area contributed by atoms with E-state index in [-0.39, 0.29) is 11.7 Å². The van der Waals surface area contributed by atoms with Gasteiger partial charge in [-0.3, -0.25) is 4.79 Å². The van der Waals surface area contributed by atoms with Gasteiger partial charge in [0.05, 0.1) is 5.71 Å². The van der Waals surface area contributed by atoms with Crippen LogP contribution in [0.4, 0.5) is 10.1 Å². The molecule has 0 radical (unpaired) electrons. The van der Waals surface area contributed by atoms with Crippen LogP contribution in [0, 0.1) is 5.82 Å². The smallest absolute Gasteiger partial charge is 0.268 e. The third-order valence-electron chi connectivity index (χ3n) is 3.23. The highest BCUT2D eigenvalue weighted by atomic mass is 79.9. The molecule has 0 aromatic heterocycles. The number of carbonyl (C=O) groups excluding carboxylic acids is 1. The van der Waals surface area contributed by atoms with Gasteiger partial charge in [-0.05, 0) is 36.4 Å². The number of anilines is 1. The fourth-order valence-corrected chi connectivity index (χ4v) is 2.38. The van der Waals surface area contributed by atoms with Crippen molar-refractivity contribution in [2.75, 3.05) is 5.32 Å². The predicted molar refractivity (Wildman–Crippen MR) is 85.2 cm³/mol. The highest BCUT2D eigenvalue weighted by Gasteiger charge is 2.29. The van der Waals surface area contributed by atoms with Gasteiger partial charge in [0.1, 0.15) is 5.82 Å². The number of benzene rings is 2. The molecule has 1 heterocycles. The molecule has 6 heteroatoms. The first kappa shape index (κ1) is 14.7. The van der Waals surface area contributed by atoms with Crippen LogP contribution in [0.2, 0.25) is 0 Å². The quantitative estimate of drug-likeness (QED) is 0.904. The van der Waals surface area contributed by atoms with Crippen molar-refractivity contribution in [3.05, 3.63) is 64.4 Å². The molecule has 22 heavy (non-hydrogen) atoms. The molecule has 1 N–H and O–H groups in total. The van der Waals surface area contributed by atoms with E-state index in [9.17, 15) is 9.18 Å². The Morgan fingerprint density at radius 2 is 2.05 bits per heavy atom. The second-order valence-electron chi connectivity index (χ2n) is 4.84. The molecule has 1 atom stereocenters. The van der Waals surface area contributed by atoms with Crippen LogP contribution in [0.5, 0.6) is 0 Å². The number of hydrogen-bond acceptors (Lipinski definition) is 3. The predicted octanol–water partition coefficient (Wildman–Crippen LogP) is 3.72. The molecule has 112 valence electrons. The minimum atomic E-state index is -0.707. The molecule has 2 aromatic rings. The van der Waals surface area contributed by atoms with Crippen LogP contribution in [-0.4, -0.2) is 17.7 Å². The first-order valence-electron chi connectivity index (χ1n) is 6.67. The fraction of sp³-hybridized carbons (Fsp3) is 0.125. The summed E-state index contributed by atoms with van der Waals surface area (Å²) >= 11 is 3.33. The topological polar surface area (TPSA) is 50.7 Å². The fourth-order valence-electron chi connectivity index (χ4n) is 2.11. The van der Waals surface area contributed by atoms with Gasteiger partial charge in [0, 0.05) is 22.1 Å². The Hall–Kier alpha value is -2.21. The molecule has 1 aliphatic heterocycles. The Morgan fingerprint density at radius 1 is 1.27 bits per heavy atom. The van der Waals surface area contributed by atoms with Crippen LogP contribution in [-0.2, 0) is 9.63 Å². The molecular formula is C16H12BrFN2O2. The molecule has 0 aliphatic carbocycles. The van der Waals surface area contributed by atoms with Crippen molar-refractivity contribution in [2.45, 2.75) is 12.5 Å². The zero-order valence-corrected chi connectivity index (χ0v) is 13.0. The van der Waals surface area contributed by atoms with Gasteiger partial charge in [-0.1, -0.05) is 33.2 Å². The Bertz CT molecular complexity index is 731. The number of carbonyl (C=O) groups is 1. The van der Waals surface area contributed by atoms with Crippen molar-refractivity contribution in [1.82, 2.24) is 0 Å². The zero-order valence-electron chi connectivity index (χ0n) is 11.4. The van der Waals surface area contributed by atoms with Gasteiger partial charge in [-0.15, -0.1) is 0 Å². The van der Waals surface area contributed by atoms with E-state index < -0.39 is 6.10 Å². The first-order valence-corrected chi connectivity index (χ1v) is 7.46. The molecule has 0 saturated carbocycles. The average Bonchev–Trinajstić information content (AvgIpc) is 3.00.